The van der Waals surface area contributed by atoms with Crippen LogP contribution in [0.2, 0.25) is 0 Å². The molecule has 0 spiro atoms. The third kappa shape index (κ3) is 2.02. The molecule has 0 fully saturated rings. The highest BCUT2D eigenvalue weighted by Gasteiger charge is 2.13. The molecule has 0 aliphatic carbocycles. The lowest BCUT2D eigenvalue weighted by molar-refractivity contribution is 1.06. The Hall–Kier alpha value is -2.53. The van der Waals surface area contributed by atoms with E-state index in [1.807, 2.05) is 35.6 Å². The number of fused-ring (bicyclic) bond motifs is 1. The summed E-state index contributed by atoms with van der Waals surface area (Å²) in [6.45, 7) is 4.15. The molecular weight excluding hydrogens is 292 g/mol. The van der Waals surface area contributed by atoms with Gasteiger partial charge in [-0.15, -0.1) is 11.3 Å². The minimum atomic E-state index is 0.944. The molecule has 0 atom stereocenters. The van der Waals surface area contributed by atoms with Crippen LogP contribution >= 0.6 is 11.3 Å². The van der Waals surface area contributed by atoms with Crippen molar-refractivity contribution >= 4 is 22.4 Å². The number of benzene rings is 1. The van der Waals surface area contributed by atoms with E-state index in [1.54, 1.807) is 11.3 Å². The van der Waals surface area contributed by atoms with Gasteiger partial charge in [0.1, 0.15) is 6.33 Å². The fraction of sp³-hybridized carbons (Fsp3) is 0.118. The Morgan fingerprint density at radius 3 is 2.68 bits per heavy atom. The van der Waals surface area contributed by atoms with E-state index < -0.39 is 0 Å². The van der Waals surface area contributed by atoms with E-state index in [2.05, 4.69) is 47.0 Å². The first-order valence-electron chi connectivity index (χ1n) is 7.04. The minimum Gasteiger partial charge on any atom is -0.274 e. The van der Waals surface area contributed by atoms with Crippen molar-refractivity contribution in [3.63, 3.8) is 0 Å². The molecule has 0 bridgehead atoms. The highest BCUT2D eigenvalue weighted by molar-refractivity contribution is 7.14. The maximum absolute atomic E-state index is 4.62. The maximum atomic E-state index is 4.62. The fourth-order valence-corrected chi connectivity index (χ4v) is 3.35. The second-order valence-electron chi connectivity index (χ2n) is 5.23. The SMILES string of the molecule is Cc1cnc(-n2cnc3c(-c4cnccc4C)cccc32)s1. The molecule has 0 saturated carbocycles. The van der Waals surface area contributed by atoms with E-state index in [9.17, 15) is 0 Å². The summed E-state index contributed by atoms with van der Waals surface area (Å²) >= 11 is 1.66. The van der Waals surface area contributed by atoms with Crippen LogP contribution in [0.5, 0.6) is 0 Å². The van der Waals surface area contributed by atoms with Crippen molar-refractivity contribution in [2.45, 2.75) is 13.8 Å². The average Bonchev–Trinajstić information content (AvgIpc) is 3.13. The van der Waals surface area contributed by atoms with Crippen molar-refractivity contribution in [2.24, 2.45) is 0 Å². The standard InChI is InChI=1S/C17H14N4S/c1-11-6-7-18-9-14(11)13-4-3-5-15-16(13)20-10-21(15)17-19-8-12(2)22-17/h3-10H,1-2H3. The van der Waals surface area contributed by atoms with Crippen LogP contribution in [0.15, 0.2) is 49.2 Å². The molecule has 5 heteroatoms. The van der Waals surface area contributed by atoms with Crippen molar-refractivity contribution in [3.05, 3.63) is 59.6 Å². The molecule has 0 amide bonds. The Bertz CT molecular complexity index is 968. The van der Waals surface area contributed by atoms with Gasteiger partial charge >= 0.3 is 0 Å². The van der Waals surface area contributed by atoms with E-state index in [0.29, 0.717) is 0 Å². The molecule has 0 saturated heterocycles. The zero-order valence-electron chi connectivity index (χ0n) is 12.3. The zero-order valence-corrected chi connectivity index (χ0v) is 13.1. The quantitative estimate of drug-likeness (QED) is 0.558. The number of rotatable bonds is 2. The molecular formula is C17H14N4S. The van der Waals surface area contributed by atoms with Crippen molar-refractivity contribution in [1.29, 1.82) is 0 Å². The first kappa shape index (κ1) is 13.2. The Labute approximate surface area is 132 Å². The van der Waals surface area contributed by atoms with Gasteiger partial charge in [0.05, 0.1) is 11.0 Å². The molecule has 0 radical (unpaired) electrons. The zero-order chi connectivity index (χ0) is 15.1. The first-order valence-corrected chi connectivity index (χ1v) is 7.85. The van der Waals surface area contributed by atoms with Crippen LogP contribution in [0.25, 0.3) is 27.3 Å². The Morgan fingerprint density at radius 2 is 1.91 bits per heavy atom. The molecule has 4 aromatic rings. The highest BCUT2D eigenvalue weighted by atomic mass is 32.1. The predicted octanol–water partition coefficient (Wildman–Crippen LogP) is 4.16. The summed E-state index contributed by atoms with van der Waals surface area (Å²) in [4.78, 5) is 14.5. The third-order valence-electron chi connectivity index (χ3n) is 3.72. The van der Waals surface area contributed by atoms with Gasteiger partial charge in [0.2, 0.25) is 0 Å². The topological polar surface area (TPSA) is 43.6 Å². The Kier molecular flexibility index (Phi) is 3.01. The maximum Gasteiger partial charge on any atom is 0.195 e. The van der Waals surface area contributed by atoms with Crippen molar-refractivity contribution < 1.29 is 0 Å². The van der Waals surface area contributed by atoms with Crippen molar-refractivity contribution in [3.8, 4) is 16.3 Å². The smallest absolute Gasteiger partial charge is 0.195 e. The average molecular weight is 306 g/mol. The molecule has 3 aromatic heterocycles. The molecule has 0 aliphatic heterocycles. The summed E-state index contributed by atoms with van der Waals surface area (Å²) in [6.07, 6.45) is 7.45. The predicted molar refractivity (Wildman–Crippen MR) is 89.4 cm³/mol. The number of nitrogens with zero attached hydrogens (tertiary/aromatic N) is 4. The summed E-state index contributed by atoms with van der Waals surface area (Å²) < 4.78 is 2.04. The summed E-state index contributed by atoms with van der Waals surface area (Å²) in [5.41, 5.74) is 5.47. The van der Waals surface area contributed by atoms with E-state index in [1.165, 1.54) is 10.4 Å². The van der Waals surface area contributed by atoms with Crippen molar-refractivity contribution in [2.75, 3.05) is 0 Å². The lowest BCUT2D eigenvalue weighted by atomic mass is 10.0. The molecule has 1 aromatic carbocycles. The van der Waals surface area contributed by atoms with Gasteiger partial charge < -0.3 is 0 Å². The van der Waals surface area contributed by atoms with E-state index in [-0.39, 0.29) is 0 Å². The van der Waals surface area contributed by atoms with Crippen LogP contribution in [0.3, 0.4) is 0 Å². The second kappa shape index (κ2) is 5.03. The number of aryl methyl sites for hydroxylation is 2. The minimum absolute atomic E-state index is 0.944. The number of para-hydroxylation sites is 1. The van der Waals surface area contributed by atoms with E-state index in [0.717, 1.165) is 27.3 Å². The van der Waals surface area contributed by atoms with Crippen LogP contribution in [0, 0.1) is 13.8 Å². The lowest BCUT2D eigenvalue weighted by Gasteiger charge is -2.06. The Morgan fingerprint density at radius 1 is 1.00 bits per heavy atom. The van der Waals surface area contributed by atoms with Crippen LogP contribution in [-0.2, 0) is 0 Å². The molecule has 3 heterocycles. The van der Waals surface area contributed by atoms with Gasteiger partial charge in [0.15, 0.2) is 5.13 Å². The van der Waals surface area contributed by atoms with Gasteiger partial charge in [-0.3, -0.25) is 9.55 Å². The summed E-state index contributed by atoms with van der Waals surface area (Å²) in [6, 6.07) is 8.25. The van der Waals surface area contributed by atoms with Crippen LogP contribution < -0.4 is 0 Å². The molecule has 0 aliphatic rings. The number of aromatic nitrogens is 4. The van der Waals surface area contributed by atoms with Gasteiger partial charge in [-0.2, -0.15) is 0 Å². The van der Waals surface area contributed by atoms with Gasteiger partial charge in [-0.25, -0.2) is 9.97 Å². The molecule has 22 heavy (non-hydrogen) atoms. The van der Waals surface area contributed by atoms with Crippen LogP contribution in [-0.4, -0.2) is 19.5 Å². The Balaban J connectivity index is 1.96. The second-order valence-corrected chi connectivity index (χ2v) is 6.45. The van der Waals surface area contributed by atoms with Gasteiger partial charge in [0.25, 0.3) is 0 Å². The lowest BCUT2D eigenvalue weighted by Crippen LogP contribution is -1.91. The van der Waals surface area contributed by atoms with Gasteiger partial charge in [-0.1, -0.05) is 12.1 Å². The summed E-state index contributed by atoms with van der Waals surface area (Å²) in [5, 5.41) is 0.944. The largest absolute Gasteiger partial charge is 0.274 e. The number of hydrogen-bond acceptors (Lipinski definition) is 4. The number of pyridine rings is 1. The first-order chi connectivity index (χ1) is 10.7. The monoisotopic (exact) mass is 306 g/mol. The summed E-state index contributed by atoms with van der Waals surface area (Å²) in [7, 11) is 0. The third-order valence-corrected chi connectivity index (χ3v) is 4.63. The fourth-order valence-electron chi connectivity index (χ4n) is 2.61. The summed E-state index contributed by atoms with van der Waals surface area (Å²) in [5.74, 6) is 0. The van der Waals surface area contributed by atoms with Crippen molar-refractivity contribution in [1.82, 2.24) is 19.5 Å². The van der Waals surface area contributed by atoms with E-state index in [4.69, 9.17) is 0 Å². The number of hydrogen-bond donors (Lipinski definition) is 0. The van der Waals surface area contributed by atoms with Crippen LogP contribution in [0.4, 0.5) is 0 Å². The molecule has 0 unspecified atom stereocenters. The van der Waals surface area contributed by atoms with E-state index >= 15 is 0 Å². The number of imidazole rings is 1. The normalized spacial score (nSPS) is 11.2. The number of thiazole rings is 1. The molecule has 0 N–H and O–H groups in total. The van der Waals surface area contributed by atoms with Gasteiger partial charge in [0, 0.05) is 34.6 Å². The van der Waals surface area contributed by atoms with Gasteiger partial charge in [-0.05, 0) is 31.5 Å². The highest BCUT2D eigenvalue weighted by Crippen LogP contribution is 2.31. The molecule has 4 nitrogen and oxygen atoms in total. The van der Waals surface area contributed by atoms with Crippen LogP contribution in [0.1, 0.15) is 10.4 Å². The molecule has 108 valence electrons. The molecule has 4 rings (SSSR count).